The molecule has 1 N–H and O–H groups in total. The van der Waals surface area contributed by atoms with Crippen molar-refractivity contribution in [1.82, 2.24) is 0 Å². The molecule has 0 saturated carbocycles. The zero-order valence-corrected chi connectivity index (χ0v) is 15.0. The summed E-state index contributed by atoms with van der Waals surface area (Å²) in [5, 5.41) is 2.74. The van der Waals surface area contributed by atoms with Crippen LogP contribution in [0, 0.1) is 27.7 Å². The van der Waals surface area contributed by atoms with Gasteiger partial charge in [-0.1, -0.05) is 29.8 Å². The Bertz CT molecular complexity index is 783. The lowest BCUT2D eigenvalue weighted by molar-refractivity contribution is -0.149. The Labute approximate surface area is 148 Å². The molecule has 0 bridgehead atoms. The first-order valence-electron chi connectivity index (χ1n) is 8.08. The lowest BCUT2D eigenvalue weighted by Gasteiger charge is -2.11. The first-order chi connectivity index (χ1) is 11.8. The Balaban J connectivity index is 1.79. The van der Waals surface area contributed by atoms with E-state index in [2.05, 4.69) is 5.32 Å². The minimum atomic E-state index is -0.587. The second kappa shape index (κ2) is 8.33. The summed E-state index contributed by atoms with van der Waals surface area (Å²) in [6.45, 7) is 7.16. The molecule has 0 spiro atoms. The number of hydrogen-bond donors (Lipinski definition) is 1. The van der Waals surface area contributed by atoms with Gasteiger partial charge in [-0.05, 0) is 56.5 Å². The number of carbonyl (C=O) groups excluding carboxylic acids is 2. The van der Waals surface area contributed by atoms with Gasteiger partial charge in [-0.15, -0.1) is 0 Å². The SMILES string of the molecule is Cc1ccc(OCC(=O)OCC(=O)Nc2cc(C)ccc2C)c(C)c1. The van der Waals surface area contributed by atoms with Gasteiger partial charge in [0.05, 0.1) is 0 Å². The Kier molecular flexibility index (Phi) is 6.17. The van der Waals surface area contributed by atoms with E-state index in [0.717, 1.165) is 22.3 Å². The molecule has 0 atom stereocenters. The molecule has 2 aromatic carbocycles. The summed E-state index contributed by atoms with van der Waals surface area (Å²) in [5.74, 6) is -0.341. The topological polar surface area (TPSA) is 64.6 Å². The van der Waals surface area contributed by atoms with Crippen LogP contribution in [0.25, 0.3) is 0 Å². The zero-order chi connectivity index (χ0) is 18.4. The summed E-state index contributed by atoms with van der Waals surface area (Å²) in [4.78, 5) is 23.7. The number of esters is 1. The second-order valence-corrected chi connectivity index (χ2v) is 6.08. The standard InChI is InChI=1S/C20H23NO4/c1-13-6-8-18(16(4)9-13)24-12-20(23)25-11-19(22)21-17-10-14(2)5-7-15(17)3/h5-10H,11-12H2,1-4H3,(H,21,22). The maximum atomic E-state index is 11.9. The lowest BCUT2D eigenvalue weighted by atomic mass is 10.1. The third kappa shape index (κ3) is 5.64. The number of ether oxygens (including phenoxy) is 2. The van der Waals surface area contributed by atoms with Crippen molar-refractivity contribution in [3.05, 3.63) is 58.7 Å². The summed E-state index contributed by atoms with van der Waals surface area (Å²) in [6, 6.07) is 11.5. The highest BCUT2D eigenvalue weighted by molar-refractivity contribution is 5.93. The normalized spacial score (nSPS) is 10.2. The number of carbonyl (C=O) groups is 2. The van der Waals surface area contributed by atoms with Crippen LogP contribution in [0.2, 0.25) is 0 Å². The molecule has 0 aliphatic rings. The van der Waals surface area contributed by atoms with Crippen molar-refractivity contribution in [2.24, 2.45) is 0 Å². The van der Waals surface area contributed by atoms with E-state index in [9.17, 15) is 9.59 Å². The minimum Gasteiger partial charge on any atom is -0.482 e. The lowest BCUT2D eigenvalue weighted by Crippen LogP contribution is -2.24. The number of benzene rings is 2. The number of amides is 1. The summed E-state index contributed by atoms with van der Waals surface area (Å²) < 4.78 is 10.4. The van der Waals surface area contributed by atoms with Crippen LogP contribution >= 0.6 is 0 Å². The summed E-state index contributed by atoms with van der Waals surface area (Å²) in [7, 11) is 0. The van der Waals surface area contributed by atoms with Gasteiger partial charge >= 0.3 is 5.97 Å². The van der Waals surface area contributed by atoms with Crippen LogP contribution in [0.15, 0.2) is 36.4 Å². The molecule has 132 valence electrons. The average Bonchev–Trinajstić information content (AvgIpc) is 2.55. The smallest absolute Gasteiger partial charge is 0.344 e. The van der Waals surface area contributed by atoms with E-state index in [4.69, 9.17) is 9.47 Å². The molecule has 0 heterocycles. The van der Waals surface area contributed by atoms with Gasteiger partial charge in [0.1, 0.15) is 5.75 Å². The Hall–Kier alpha value is -2.82. The quantitative estimate of drug-likeness (QED) is 0.817. The van der Waals surface area contributed by atoms with Gasteiger partial charge in [-0.2, -0.15) is 0 Å². The van der Waals surface area contributed by atoms with Gasteiger partial charge in [0, 0.05) is 5.69 Å². The van der Waals surface area contributed by atoms with E-state index in [1.807, 2.05) is 64.1 Å². The third-order valence-corrected chi connectivity index (χ3v) is 3.71. The fourth-order valence-electron chi connectivity index (χ4n) is 2.34. The third-order valence-electron chi connectivity index (χ3n) is 3.71. The minimum absolute atomic E-state index is 0.235. The highest BCUT2D eigenvalue weighted by Gasteiger charge is 2.10. The molecule has 5 nitrogen and oxygen atoms in total. The largest absolute Gasteiger partial charge is 0.482 e. The van der Waals surface area contributed by atoms with E-state index in [-0.39, 0.29) is 19.1 Å². The van der Waals surface area contributed by atoms with Gasteiger partial charge < -0.3 is 14.8 Å². The molecule has 1 amide bonds. The second-order valence-electron chi connectivity index (χ2n) is 6.08. The summed E-state index contributed by atoms with van der Waals surface area (Å²) in [6.07, 6.45) is 0. The van der Waals surface area contributed by atoms with Crippen molar-refractivity contribution < 1.29 is 19.1 Å². The first-order valence-corrected chi connectivity index (χ1v) is 8.08. The molecule has 0 unspecified atom stereocenters. The van der Waals surface area contributed by atoms with Crippen LogP contribution in [-0.2, 0) is 14.3 Å². The zero-order valence-electron chi connectivity index (χ0n) is 15.0. The number of aryl methyl sites for hydroxylation is 4. The molecule has 0 saturated heterocycles. The number of nitrogens with one attached hydrogen (secondary N) is 1. The summed E-state index contributed by atoms with van der Waals surface area (Å²) >= 11 is 0. The predicted molar refractivity (Wildman–Crippen MR) is 96.9 cm³/mol. The monoisotopic (exact) mass is 341 g/mol. The van der Waals surface area contributed by atoms with E-state index in [0.29, 0.717) is 11.4 Å². The average molecular weight is 341 g/mol. The Morgan fingerprint density at radius 2 is 1.56 bits per heavy atom. The van der Waals surface area contributed by atoms with E-state index >= 15 is 0 Å². The van der Waals surface area contributed by atoms with E-state index in [1.165, 1.54) is 0 Å². The maximum Gasteiger partial charge on any atom is 0.344 e. The maximum absolute atomic E-state index is 11.9. The van der Waals surface area contributed by atoms with Crippen LogP contribution in [0.1, 0.15) is 22.3 Å². The van der Waals surface area contributed by atoms with Crippen LogP contribution < -0.4 is 10.1 Å². The highest BCUT2D eigenvalue weighted by atomic mass is 16.6. The molecule has 2 aromatic rings. The molecule has 5 heteroatoms. The molecule has 25 heavy (non-hydrogen) atoms. The van der Waals surface area contributed by atoms with E-state index in [1.54, 1.807) is 0 Å². The summed E-state index contributed by atoms with van der Waals surface area (Å²) in [5.41, 5.74) is 4.77. The first kappa shape index (κ1) is 18.5. The van der Waals surface area contributed by atoms with Gasteiger partial charge in [-0.25, -0.2) is 4.79 Å². The molecule has 0 aliphatic carbocycles. The van der Waals surface area contributed by atoms with Crippen molar-refractivity contribution in [1.29, 1.82) is 0 Å². The molecule has 0 aliphatic heterocycles. The van der Waals surface area contributed by atoms with E-state index < -0.39 is 5.97 Å². The molecular formula is C20H23NO4. The van der Waals surface area contributed by atoms with Crippen molar-refractivity contribution in [3.63, 3.8) is 0 Å². The molecule has 2 rings (SSSR count). The molecule has 0 fully saturated rings. The van der Waals surface area contributed by atoms with Crippen LogP contribution in [-0.4, -0.2) is 25.1 Å². The van der Waals surface area contributed by atoms with Crippen LogP contribution in [0.4, 0.5) is 5.69 Å². The fraction of sp³-hybridized carbons (Fsp3) is 0.300. The van der Waals surface area contributed by atoms with Gasteiger partial charge in [-0.3, -0.25) is 4.79 Å². The van der Waals surface area contributed by atoms with Crippen molar-refractivity contribution >= 4 is 17.6 Å². The van der Waals surface area contributed by atoms with Crippen LogP contribution in [0.3, 0.4) is 0 Å². The van der Waals surface area contributed by atoms with Gasteiger partial charge in [0.25, 0.3) is 5.91 Å². The van der Waals surface area contributed by atoms with Crippen molar-refractivity contribution in [2.75, 3.05) is 18.5 Å². The number of anilines is 1. The Morgan fingerprint density at radius 3 is 2.28 bits per heavy atom. The number of rotatable bonds is 6. The van der Waals surface area contributed by atoms with Crippen LogP contribution in [0.5, 0.6) is 5.75 Å². The van der Waals surface area contributed by atoms with Gasteiger partial charge in [0.15, 0.2) is 13.2 Å². The molecular weight excluding hydrogens is 318 g/mol. The highest BCUT2D eigenvalue weighted by Crippen LogP contribution is 2.18. The molecule has 0 radical (unpaired) electrons. The van der Waals surface area contributed by atoms with Crippen molar-refractivity contribution in [2.45, 2.75) is 27.7 Å². The predicted octanol–water partition coefficient (Wildman–Crippen LogP) is 3.48. The van der Waals surface area contributed by atoms with Crippen molar-refractivity contribution in [3.8, 4) is 5.75 Å². The number of hydrogen-bond acceptors (Lipinski definition) is 4. The fourth-order valence-corrected chi connectivity index (χ4v) is 2.34. The Morgan fingerprint density at radius 1 is 0.880 bits per heavy atom. The molecule has 0 aromatic heterocycles. The van der Waals surface area contributed by atoms with Gasteiger partial charge in [0.2, 0.25) is 0 Å².